The van der Waals surface area contributed by atoms with Gasteiger partial charge in [0.25, 0.3) is 0 Å². The van der Waals surface area contributed by atoms with E-state index < -0.39 is 11.8 Å². The molecule has 0 radical (unpaired) electrons. The average molecular weight is 284 g/mol. The first-order valence-corrected chi connectivity index (χ1v) is 5.95. The molecule has 0 unspecified atom stereocenters. The number of methoxy groups -OCH3 is 1. The summed E-state index contributed by atoms with van der Waals surface area (Å²) in [5.41, 5.74) is 0.664. The normalized spacial score (nSPS) is 10.5. The number of carbonyl (C=O) groups excluding carboxylic acids is 1. The zero-order valence-electron chi connectivity index (χ0n) is 10.4. The van der Waals surface area contributed by atoms with Crippen LogP contribution in [0.1, 0.15) is 17.3 Å². The minimum Gasteiger partial charge on any atom is -0.494 e. The number of carbonyl (C=O) groups is 1. The van der Waals surface area contributed by atoms with E-state index in [9.17, 15) is 9.18 Å². The van der Waals surface area contributed by atoms with Gasteiger partial charge in [-0.15, -0.1) is 0 Å². The van der Waals surface area contributed by atoms with Crippen molar-refractivity contribution in [3.8, 4) is 5.75 Å². The van der Waals surface area contributed by atoms with Crippen LogP contribution in [0, 0.1) is 5.82 Å². The molecule has 4 nitrogen and oxygen atoms in total. The van der Waals surface area contributed by atoms with Crippen molar-refractivity contribution in [2.24, 2.45) is 0 Å². The molecule has 2 aromatic rings. The van der Waals surface area contributed by atoms with Gasteiger partial charge in [-0.1, -0.05) is 11.6 Å². The largest absolute Gasteiger partial charge is 0.494 e. The van der Waals surface area contributed by atoms with E-state index in [0.29, 0.717) is 16.7 Å². The van der Waals surface area contributed by atoms with Gasteiger partial charge in [0.1, 0.15) is 11.3 Å². The highest BCUT2D eigenvalue weighted by Crippen LogP contribution is 2.29. The van der Waals surface area contributed by atoms with Gasteiger partial charge in [-0.05, 0) is 25.1 Å². The summed E-state index contributed by atoms with van der Waals surface area (Å²) in [7, 11) is 1.43. The number of hydrogen-bond acceptors (Lipinski definition) is 4. The number of esters is 1. The first-order chi connectivity index (χ1) is 9.06. The fraction of sp³-hybridized carbons (Fsp3) is 0.231. The molecular weight excluding hydrogens is 273 g/mol. The summed E-state index contributed by atoms with van der Waals surface area (Å²) < 4.78 is 23.4. The molecule has 0 fully saturated rings. The van der Waals surface area contributed by atoms with E-state index in [1.54, 1.807) is 6.92 Å². The van der Waals surface area contributed by atoms with Crippen LogP contribution in [-0.2, 0) is 4.74 Å². The molecule has 0 N–H and O–H groups in total. The molecule has 0 saturated heterocycles. The summed E-state index contributed by atoms with van der Waals surface area (Å²) in [6, 6.07) is 4.18. The van der Waals surface area contributed by atoms with Gasteiger partial charge in [-0.3, -0.25) is 0 Å². The second-order valence-corrected chi connectivity index (χ2v) is 4.09. The van der Waals surface area contributed by atoms with Crippen molar-refractivity contribution in [3.05, 3.63) is 34.7 Å². The SMILES string of the molecule is CCOC(=O)c1cc(OC)c2nc(Cl)c(F)cc2c1. The molecule has 0 aliphatic rings. The molecule has 1 aromatic heterocycles. The van der Waals surface area contributed by atoms with E-state index in [1.807, 2.05) is 0 Å². The topological polar surface area (TPSA) is 48.4 Å². The van der Waals surface area contributed by atoms with Crippen LogP contribution in [0.15, 0.2) is 18.2 Å². The van der Waals surface area contributed by atoms with Gasteiger partial charge in [0, 0.05) is 5.39 Å². The Kier molecular flexibility index (Phi) is 3.85. The maximum atomic E-state index is 13.4. The number of hydrogen-bond donors (Lipinski definition) is 0. The van der Waals surface area contributed by atoms with Gasteiger partial charge in [-0.2, -0.15) is 0 Å². The molecule has 0 atom stereocenters. The van der Waals surface area contributed by atoms with Gasteiger partial charge in [0.05, 0.1) is 19.3 Å². The maximum absolute atomic E-state index is 13.4. The molecule has 100 valence electrons. The summed E-state index contributed by atoms with van der Waals surface area (Å²) in [5, 5.41) is 0.180. The van der Waals surface area contributed by atoms with Crippen LogP contribution in [-0.4, -0.2) is 24.7 Å². The highest BCUT2D eigenvalue weighted by Gasteiger charge is 2.14. The second kappa shape index (κ2) is 5.40. The van der Waals surface area contributed by atoms with Gasteiger partial charge in [-0.25, -0.2) is 14.2 Å². The number of benzene rings is 1. The minimum absolute atomic E-state index is 0.241. The highest BCUT2D eigenvalue weighted by molar-refractivity contribution is 6.30. The van der Waals surface area contributed by atoms with Gasteiger partial charge < -0.3 is 9.47 Å². The van der Waals surface area contributed by atoms with Crippen LogP contribution in [0.3, 0.4) is 0 Å². The molecule has 1 aromatic carbocycles. The maximum Gasteiger partial charge on any atom is 0.338 e. The van der Waals surface area contributed by atoms with E-state index in [4.69, 9.17) is 21.1 Å². The zero-order chi connectivity index (χ0) is 14.0. The number of pyridine rings is 1. The lowest BCUT2D eigenvalue weighted by atomic mass is 10.1. The Morgan fingerprint density at radius 1 is 1.42 bits per heavy atom. The molecule has 0 bridgehead atoms. The molecule has 1 heterocycles. The van der Waals surface area contributed by atoms with Gasteiger partial charge >= 0.3 is 5.97 Å². The number of rotatable bonds is 3. The predicted octanol–water partition coefficient (Wildman–Crippen LogP) is 3.21. The van der Waals surface area contributed by atoms with Crippen molar-refractivity contribution in [1.29, 1.82) is 0 Å². The Morgan fingerprint density at radius 3 is 2.79 bits per heavy atom. The summed E-state index contributed by atoms with van der Waals surface area (Å²) in [6.07, 6.45) is 0. The van der Waals surface area contributed by atoms with Gasteiger partial charge in [0.15, 0.2) is 11.0 Å². The van der Waals surface area contributed by atoms with E-state index in [1.165, 1.54) is 25.3 Å². The molecule has 19 heavy (non-hydrogen) atoms. The number of nitrogens with zero attached hydrogens (tertiary/aromatic N) is 1. The van der Waals surface area contributed by atoms with Crippen molar-refractivity contribution in [2.75, 3.05) is 13.7 Å². The van der Waals surface area contributed by atoms with E-state index in [-0.39, 0.29) is 17.3 Å². The smallest absolute Gasteiger partial charge is 0.338 e. The van der Waals surface area contributed by atoms with Crippen molar-refractivity contribution in [1.82, 2.24) is 4.98 Å². The van der Waals surface area contributed by atoms with Crippen molar-refractivity contribution >= 4 is 28.5 Å². The Balaban J connectivity index is 2.65. The highest BCUT2D eigenvalue weighted by atomic mass is 35.5. The van der Waals surface area contributed by atoms with E-state index in [0.717, 1.165) is 0 Å². The van der Waals surface area contributed by atoms with Crippen LogP contribution in [0.5, 0.6) is 5.75 Å². The number of halogens is 2. The summed E-state index contributed by atoms with van der Waals surface area (Å²) in [6.45, 7) is 1.96. The molecule has 0 saturated carbocycles. The van der Waals surface area contributed by atoms with Crippen molar-refractivity contribution < 1.29 is 18.7 Å². The van der Waals surface area contributed by atoms with Gasteiger partial charge in [0.2, 0.25) is 0 Å². The Morgan fingerprint density at radius 2 is 2.16 bits per heavy atom. The third-order valence-corrected chi connectivity index (χ3v) is 2.79. The van der Waals surface area contributed by atoms with Crippen LogP contribution >= 0.6 is 11.6 Å². The fourth-order valence-electron chi connectivity index (χ4n) is 1.69. The molecule has 0 amide bonds. The minimum atomic E-state index is -0.655. The Hall–Kier alpha value is -1.88. The molecule has 6 heteroatoms. The second-order valence-electron chi connectivity index (χ2n) is 3.73. The fourth-order valence-corrected chi connectivity index (χ4v) is 1.83. The van der Waals surface area contributed by atoms with Crippen LogP contribution in [0.25, 0.3) is 10.9 Å². The monoisotopic (exact) mass is 283 g/mol. The average Bonchev–Trinajstić information content (AvgIpc) is 2.39. The Bertz CT molecular complexity index is 645. The third kappa shape index (κ3) is 2.61. The number of ether oxygens (including phenoxy) is 2. The van der Waals surface area contributed by atoms with Crippen LogP contribution < -0.4 is 4.74 Å². The lowest BCUT2D eigenvalue weighted by Crippen LogP contribution is -2.05. The molecule has 0 aliphatic heterocycles. The van der Waals surface area contributed by atoms with E-state index in [2.05, 4.69) is 4.98 Å². The van der Waals surface area contributed by atoms with Crippen molar-refractivity contribution in [3.63, 3.8) is 0 Å². The van der Waals surface area contributed by atoms with Crippen molar-refractivity contribution in [2.45, 2.75) is 6.92 Å². The van der Waals surface area contributed by atoms with Crippen LogP contribution in [0.2, 0.25) is 5.15 Å². The first-order valence-electron chi connectivity index (χ1n) is 5.57. The zero-order valence-corrected chi connectivity index (χ0v) is 11.1. The standard InChI is InChI=1S/C13H11ClFNO3/c1-3-19-13(17)8-4-7-5-9(15)12(14)16-11(7)10(6-8)18-2/h4-6H,3H2,1-2H3. The summed E-state index contributed by atoms with van der Waals surface area (Å²) in [5.74, 6) is -0.822. The number of fused-ring (bicyclic) bond motifs is 1. The van der Waals surface area contributed by atoms with E-state index >= 15 is 0 Å². The Labute approximate surface area is 114 Å². The molecule has 0 spiro atoms. The van der Waals surface area contributed by atoms with Crippen LogP contribution in [0.4, 0.5) is 4.39 Å². The lowest BCUT2D eigenvalue weighted by Gasteiger charge is -2.09. The summed E-state index contributed by atoms with van der Waals surface area (Å²) in [4.78, 5) is 15.6. The molecular formula is C13H11ClFNO3. The molecule has 2 rings (SSSR count). The third-order valence-electron chi connectivity index (χ3n) is 2.52. The first kappa shape index (κ1) is 13.5. The summed E-state index contributed by atoms with van der Waals surface area (Å²) >= 11 is 5.64. The molecule has 0 aliphatic carbocycles. The number of aromatic nitrogens is 1. The lowest BCUT2D eigenvalue weighted by molar-refractivity contribution is 0.0526. The predicted molar refractivity (Wildman–Crippen MR) is 69.2 cm³/mol. The quantitative estimate of drug-likeness (QED) is 0.641.